The summed E-state index contributed by atoms with van der Waals surface area (Å²) in [6.07, 6.45) is 3.71. The molecule has 0 aliphatic heterocycles. The molecule has 0 unspecified atom stereocenters. The summed E-state index contributed by atoms with van der Waals surface area (Å²) < 4.78 is 7.30. The van der Waals surface area contributed by atoms with Crippen LogP contribution in [0.3, 0.4) is 0 Å². The monoisotopic (exact) mass is 363 g/mol. The number of aliphatic imine (C=N–C) groups is 1. The van der Waals surface area contributed by atoms with Crippen molar-refractivity contribution in [3.05, 3.63) is 78.1 Å². The van der Waals surface area contributed by atoms with E-state index in [2.05, 4.69) is 38.5 Å². The van der Waals surface area contributed by atoms with Crippen LogP contribution in [0.1, 0.15) is 11.1 Å². The fourth-order valence-electron chi connectivity index (χ4n) is 2.96. The molecule has 0 aliphatic carbocycles. The molecular weight excluding hydrogens is 338 g/mol. The summed E-state index contributed by atoms with van der Waals surface area (Å²) in [6.45, 7) is 1.38. The van der Waals surface area contributed by atoms with Crippen LogP contribution in [-0.2, 0) is 13.1 Å². The second kappa shape index (κ2) is 8.89. The molecule has 1 aromatic heterocycles. The van der Waals surface area contributed by atoms with Crippen LogP contribution in [0.2, 0.25) is 0 Å². The van der Waals surface area contributed by atoms with Crippen LogP contribution in [0, 0.1) is 0 Å². The topological polar surface area (TPSA) is 54.7 Å². The van der Waals surface area contributed by atoms with Gasteiger partial charge in [0.2, 0.25) is 0 Å². The van der Waals surface area contributed by atoms with E-state index in [-0.39, 0.29) is 0 Å². The standard InChI is InChI=1S/C21H25N5O/c1-22-21(25(2)16-18-9-4-5-11-20(18)27-3)23-15-17-8-6-10-19(14-17)26-13-7-12-24-26/h4-14H,15-16H2,1-3H3,(H,22,23). The molecule has 0 saturated carbocycles. The Bertz CT molecular complexity index is 889. The molecule has 27 heavy (non-hydrogen) atoms. The van der Waals surface area contributed by atoms with Gasteiger partial charge in [-0.15, -0.1) is 0 Å². The molecule has 0 spiro atoms. The number of hydrogen-bond acceptors (Lipinski definition) is 3. The van der Waals surface area contributed by atoms with Crippen LogP contribution in [0.5, 0.6) is 5.75 Å². The highest BCUT2D eigenvalue weighted by atomic mass is 16.5. The first-order valence-electron chi connectivity index (χ1n) is 8.84. The largest absolute Gasteiger partial charge is 0.496 e. The Morgan fingerprint density at radius 2 is 2.04 bits per heavy atom. The summed E-state index contributed by atoms with van der Waals surface area (Å²) in [4.78, 5) is 6.48. The number of methoxy groups -OCH3 is 1. The summed E-state index contributed by atoms with van der Waals surface area (Å²) in [5.41, 5.74) is 3.32. The Morgan fingerprint density at radius 1 is 1.19 bits per heavy atom. The lowest BCUT2D eigenvalue weighted by molar-refractivity contribution is 0.396. The van der Waals surface area contributed by atoms with E-state index < -0.39 is 0 Å². The number of aromatic nitrogens is 2. The maximum Gasteiger partial charge on any atom is 0.193 e. The first-order valence-corrected chi connectivity index (χ1v) is 8.84. The molecule has 0 aliphatic rings. The number of benzene rings is 2. The SMILES string of the molecule is CN=C(NCc1cccc(-n2cccn2)c1)N(C)Cc1ccccc1OC. The molecule has 2 aromatic carbocycles. The molecule has 6 nitrogen and oxygen atoms in total. The molecular formula is C21H25N5O. The third-order valence-corrected chi connectivity index (χ3v) is 4.30. The summed E-state index contributed by atoms with van der Waals surface area (Å²) in [7, 11) is 5.50. The van der Waals surface area contributed by atoms with Crippen molar-refractivity contribution in [3.8, 4) is 11.4 Å². The van der Waals surface area contributed by atoms with E-state index in [0.717, 1.165) is 28.5 Å². The van der Waals surface area contributed by atoms with Crippen molar-refractivity contribution in [2.75, 3.05) is 21.2 Å². The van der Waals surface area contributed by atoms with Crippen molar-refractivity contribution >= 4 is 5.96 Å². The summed E-state index contributed by atoms with van der Waals surface area (Å²) >= 11 is 0. The molecule has 140 valence electrons. The van der Waals surface area contributed by atoms with E-state index in [4.69, 9.17) is 4.74 Å². The van der Waals surface area contributed by atoms with E-state index in [1.54, 1.807) is 20.4 Å². The number of rotatable bonds is 6. The minimum Gasteiger partial charge on any atom is -0.496 e. The van der Waals surface area contributed by atoms with Crippen LogP contribution < -0.4 is 10.1 Å². The van der Waals surface area contributed by atoms with Crippen molar-refractivity contribution in [2.45, 2.75) is 13.1 Å². The van der Waals surface area contributed by atoms with E-state index in [1.165, 1.54) is 0 Å². The highest BCUT2D eigenvalue weighted by molar-refractivity contribution is 5.79. The van der Waals surface area contributed by atoms with Crippen molar-refractivity contribution in [1.29, 1.82) is 0 Å². The predicted molar refractivity (Wildman–Crippen MR) is 108 cm³/mol. The van der Waals surface area contributed by atoms with E-state index in [9.17, 15) is 0 Å². The second-order valence-electron chi connectivity index (χ2n) is 6.19. The summed E-state index contributed by atoms with van der Waals surface area (Å²) in [5.74, 6) is 1.71. The molecule has 3 aromatic rings. The van der Waals surface area contributed by atoms with Crippen LogP contribution in [0.4, 0.5) is 0 Å². The third-order valence-electron chi connectivity index (χ3n) is 4.30. The second-order valence-corrected chi connectivity index (χ2v) is 6.19. The number of hydrogen-bond donors (Lipinski definition) is 1. The number of nitrogens with zero attached hydrogens (tertiary/aromatic N) is 4. The Hall–Kier alpha value is -3.28. The lowest BCUT2D eigenvalue weighted by Gasteiger charge is -2.23. The molecule has 6 heteroatoms. The fraction of sp³-hybridized carbons (Fsp3) is 0.238. The Labute approximate surface area is 160 Å². The zero-order valence-corrected chi connectivity index (χ0v) is 16.0. The van der Waals surface area contributed by atoms with E-state index >= 15 is 0 Å². The van der Waals surface area contributed by atoms with Gasteiger partial charge in [0.25, 0.3) is 0 Å². The van der Waals surface area contributed by atoms with Crippen molar-refractivity contribution in [1.82, 2.24) is 20.0 Å². The maximum absolute atomic E-state index is 5.44. The molecule has 0 atom stereocenters. The van der Waals surface area contributed by atoms with Gasteiger partial charge in [0.05, 0.1) is 12.8 Å². The minimum atomic E-state index is 0.679. The molecule has 3 rings (SSSR count). The summed E-state index contributed by atoms with van der Waals surface area (Å²) in [5, 5.41) is 7.70. The van der Waals surface area contributed by atoms with Crippen molar-refractivity contribution < 1.29 is 4.74 Å². The zero-order valence-electron chi connectivity index (χ0n) is 16.0. The van der Waals surface area contributed by atoms with Gasteiger partial charge in [-0.25, -0.2) is 4.68 Å². The van der Waals surface area contributed by atoms with Crippen molar-refractivity contribution in [2.24, 2.45) is 4.99 Å². The highest BCUT2D eigenvalue weighted by Gasteiger charge is 2.10. The van der Waals surface area contributed by atoms with Crippen LogP contribution >= 0.6 is 0 Å². The lowest BCUT2D eigenvalue weighted by atomic mass is 10.2. The average molecular weight is 363 g/mol. The first kappa shape index (κ1) is 18.5. The van der Waals surface area contributed by atoms with E-state index in [1.807, 2.05) is 54.3 Å². The van der Waals surface area contributed by atoms with Crippen LogP contribution in [-0.4, -0.2) is 41.8 Å². The maximum atomic E-state index is 5.44. The Balaban J connectivity index is 1.64. The van der Waals surface area contributed by atoms with Gasteiger partial charge in [0, 0.05) is 45.1 Å². The van der Waals surface area contributed by atoms with Crippen molar-refractivity contribution in [3.63, 3.8) is 0 Å². The Kier molecular flexibility index (Phi) is 6.10. The van der Waals surface area contributed by atoms with Gasteiger partial charge in [0.15, 0.2) is 5.96 Å². The highest BCUT2D eigenvalue weighted by Crippen LogP contribution is 2.18. The van der Waals surface area contributed by atoms with Gasteiger partial charge in [0.1, 0.15) is 5.75 Å². The number of nitrogens with one attached hydrogen (secondary N) is 1. The predicted octanol–water partition coefficient (Wildman–Crippen LogP) is 3.09. The zero-order chi connectivity index (χ0) is 19.1. The average Bonchev–Trinajstić information content (AvgIpc) is 3.24. The number of para-hydroxylation sites is 1. The van der Waals surface area contributed by atoms with Crippen LogP contribution in [0.15, 0.2) is 72.0 Å². The normalized spacial score (nSPS) is 11.3. The number of guanidine groups is 1. The first-order chi connectivity index (χ1) is 13.2. The fourth-order valence-corrected chi connectivity index (χ4v) is 2.96. The molecule has 0 bridgehead atoms. The van der Waals surface area contributed by atoms with Gasteiger partial charge in [-0.3, -0.25) is 4.99 Å². The third kappa shape index (κ3) is 4.67. The molecule has 1 heterocycles. The quantitative estimate of drug-likeness (QED) is 0.540. The van der Waals surface area contributed by atoms with Gasteiger partial charge < -0.3 is 15.0 Å². The van der Waals surface area contributed by atoms with Gasteiger partial charge >= 0.3 is 0 Å². The molecule has 0 saturated heterocycles. The molecule has 0 radical (unpaired) electrons. The molecule has 0 fully saturated rings. The van der Waals surface area contributed by atoms with Gasteiger partial charge in [-0.05, 0) is 29.8 Å². The van der Waals surface area contributed by atoms with Gasteiger partial charge in [-0.1, -0.05) is 30.3 Å². The summed E-state index contributed by atoms with van der Waals surface area (Å²) in [6, 6.07) is 18.2. The molecule has 0 amide bonds. The number of ether oxygens (including phenoxy) is 1. The van der Waals surface area contributed by atoms with E-state index in [0.29, 0.717) is 13.1 Å². The minimum absolute atomic E-state index is 0.679. The van der Waals surface area contributed by atoms with Gasteiger partial charge in [-0.2, -0.15) is 5.10 Å². The smallest absolute Gasteiger partial charge is 0.193 e. The Morgan fingerprint density at radius 3 is 2.78 bits per heavy atom. The van der Waals surface area contributed by atoms with Crippen LogP contribution in [0.25, 0.3) is 5.69 Å². The molecule has 1 N–H and O–H groups in total. The lowest BCUT2D eigenvalue weighted by Crippen LogP contribution is -2.38.